The summed E-state index contributed by atoms with van der Waals surface area (Å²) < 4.78 is 43.0. The van der Waals surface area contributed by atoms with Crippen LogP contribution in [0.5, 0.6) is 17.2 Å². The van der Waals surface area contributed by atoms with Gasteiger partial charge in [-0.15, -0.1) is 0 Å². The summed E-state index contributed by atoms with van der Waals surface area (Å²) in [6, 6.07) is 9.14. The number of nitrogens with one attached hydrogen (secondary N) is 1. The number of carbonyl (C=O) groups is 1. The van der Waals surface area contributed by atoms with E-state index in [1.807, 2.05) is 0 Å². The molecule has 2 aliphatic heterocycles. The van der Waals surface area contributed by atoms with Crippen LogP contribution in [0.2, 0.25) is 0 Å². The molecular formula is C21H25N2O7S+. The van der Waals surface area contributed by atoms with E-state index in [9.17, 15) is 18.3 Å². The number of benzene rings is 2. The number of phenolic OH excluding ortho intramolecular Hbond substituents is 1. The van der Waals surface area contributed by atoms with Crippen LogP contribution in [0.25, 0.3) is 0 Å². The SMILES string of the molecule is CCOC(=O)c1ccc(S(=O)(=O)N2CC[NH+](Cc3cc4c(cc3O)OCO4)CC2)cc1. The van der Waals surface area contributed by atoms with E-state index in [4.69, 9.17) is 14.2 Å². The predicted octanol–water partition coefficient (Wildman–Crippen LogP) is 0.387. The Hall–Kier alpha value is -2.82. The van der Waals surface area contributed by atoms with Gasteiger partial charge in [-0.25, -0.2) is 13.2 Å². The van der Waals surface area contributed by atoms with E-state index < -0.39 is 16.0 Å². The van der Waals surface area contributed by atoms with Crippen LogP contribution >= 0.6 is 0 Å². The van der Waals surface area contributed by atoms with Gasteiger partial charge in [0.25, 0.3) is 0 Å². The van der Waals surface area contributed by atoms with E-state index in [1.54, 1.807) is 19.1 Å². The molecule has 0 radical (unpaired) electrons. The van der Waals surface area contributed by atoms with Crippen molar-refractivity contribution in [2.45, 2.75) is 18.4 Å². The van der Waals surface area contributed by atoms with Crippen molar-refractivity contribution in [2.75, 3.05) is 39.6 Å². The van der Waals surface area contributed by atoms with Crippen molar-refractivity contribution in [3.05, 3.63) is 47.5 Å². The normalized spacial score (nSPS) is 16.9. The van der Waals surface area contributed by atoms with Crippen LogP contribution < -0.4 is 14.4 Å². The van der Waals surface area contributed by atoms with Crippen LogP contribution in [0.4, 0.5) is 0 Å². The Kier molecular flexibility index (Phi) is 6.03. The Balaban J connectivity index is 1.38. The van der Waals surface area contributed by atoms with Crippen LogP contribution in [-0.4, -0.2) is 63.4 Å². The number of rotatable bonds is 6. The zero-order chi connectivity index (χ0) is 22.0. The third-order valence-corrected chi connectivity index (χ3v) is 7.36. The van der Waals surface area contributed by atoms with Crippen molar-refractivity contribution in [3.8, 4) is 17.2 Å². The third kappa shape index (κ3) is 4.46. The fourth-order valence-electron chi connectivity index (χ4n) is 3.73. The van der Waals surface area contributed by atoms with E-state index in [1.165, 1.54) is 33.5 Å². The highest BCUT2D eigenvalue weighted by Gasteiger charge is 2.31. The molecule has 10 heteroatoms. The number of nitrogens with zero attached hydrogens (tertiary/aromatic N) is 1. The monoisotopic (exact) mass is 449 g/mol. The molecule has 0 bridgehead atoms. The van der Waals surface area contributed by atoms with Gasteiger partial charge in [-0.05, 0) is 37.3 Å². The molecule has 0 aliphatic carbocycles. The van der Waals surface area contributed by atoms with Gasteiger partial charge in [-0.2, -0.15) is 4.31 Å². The molecule has 2 aromatic carbocycles. The maximum Gasteiger partial charge on any atom is 0.338 e. The second-order valence-corrected chi connectivity index (χ2v) is 9.35. The zero-order valence-electron chi connectivity index (χ0n) is 17.2. The molecular weight excluding hydrogens is 424 g/mol. The van der Waals surface area contributed by atoms with Crippen LogP contribution in [-0.2, 0) is 21.3 Å². The van der Waals surface area contributed by atoms with Gasteiger partial charge in [0, 0.05) is 6.07 Å². The summed E-state index contributed by atoms with van der Waals surface area (Å²) in [6.07, 6.45) is 0. The number of phenols is 1. The highest BCUT2D eigenvalue weighted by Crippen LogP contribution is 2.37. The summed E-state index contributed by atoms with van der Waals surface area (Å²) in [4.78, 5) is 13.1. The summed E-state index contributed by atoms with van der Waals surface area (Å²) in [7, 11) is -3.65. The summed E-state index contributed by atoms with van der Waals surface area (Å²) in [5.74, 6) is 0.810. The molecule has 9 nitrogen and oxygen atoms in total. The number of sulfonamides is 1. The van der Waals surface area contributed by atoms with E-state index in [0.29, 0.717) is 49.8 Å². The largest absolute Gasteiger partial charge is 0.507 e. The molecule has 1 fully saturated rings. The lowest BCUT2D eigenvalue weighted by atomic mass is 10.1. The maximum absolute atomic E-state index is 13.0. The van der Waals surface area contributed by atoms with Gasteiger partial charge in [-0.1, -0.05) is 0 Å². The average Bonchev–Trinajstić information content (AvgIpc) is 3.22. The molecule has 0 unspecified atom stereocenters. The lowest BCUT2D eigenvalue weighted by molar-refractivity contribution is -0.917. The van der Waals surface area contributed by atoms with Crippen molar-refractivity contribution in [3.63, 3.8) is 0 Å². The van der Waals surface area contributed by atoms with Gasteiger partial charge in [0.05, 0.1) is 48.8 Å². The minimum atomic E-state index is -3.65. The van der Waals surface area contributed by atoms with Crippen molar-refractivity contribution < 1.29 is 37.4 Å². The predicted molar refractivity (Wildman–Crippen MR) is 110 cm³/mol. The maximum atomic E-state index is 13.0. The van der Waals surface area contributed by atoms with Crippen LogP contribution in [0.1, 0.15) is 22.8 Å². The lowest BCUT2D eigenvalue weighted by Crippen LogP contribution is -3.13. The molecule has 31 heavy (non-hydrogen) atoms. The van der Waals surface area contributed by atoms with E-state index in [-0.39, 0.29) is 24.0 Å². The first-order valence-electron chi connectivity index (χ1n) is 10.1. The highest BCUT2D eigenvalue weighted by atomic mass is 32.2. The molecule has 166 valence electrons. The number of hydrogen-bond donors (Lipinski definition) is 2. The number of fused-ring (bicyclic) bond motifs is 1. The molecule has 0 aromatic heterocycles. The van der Waals surface area contributed by atoms with Crippen molar-refractivity contribution in [2.24, 2.45) is 0 Å². The van der Waals surface area contributed by atoms with Gasteiger partial charge in [0.15, 0.2) is 11.5 Å². The van der Waals surface area contributed by atoms with Gasteiger partial charge in [0.1, 0.15) is 12.3 Å². The Morgan fingerprint density at radius 1 is 1.13 bits per heavy atom. The molecule has 0 spiro atoms. The van der Waals surface area contributed by atoms with E-state index in [0.717, 1.165) is 5.56 Å². The molecule has 0 saturated carbocycles. The Bertz CT molecular complexity index is 1060. The number of piperazine rings is 1. The molecule has 2 heterocycles. The van der Waals surface area contributed by atoms with Crippen molar-refractivity contribution in [1.82, 2.24) is 4.31 Å². The lowest BCUT2D eigenvalue weighted by Gasteiger charge is -2.31. The molecule has 1 saturated heterocycles. The smallest absolute Gasteiger partial charge is 0.338 e. The minimum Gasteiger partial charge on any atom is -0.507 e. The molecule has 2 aromatic rings. The standard InChI is InChI=1S/C21H24N2O7S/c1-2-28-21(25)15-3-5-17(6-4-15)31(26,27)23-9-7-22(8-10-23)13-16-11-19-20(12-18(16)24)30-14-29-19/h3-6,11-12,24H,2,7-10,13-14H2,1H3/p+1. The number of esters is 1. The second kappa shape index (κ2) is 8.74. The van der Waals surface area contributed by atoms with Crippen LogP contribution in [0, 0.1) is 0 Å². The fourth-order valence-corrected chi connectivity index (χ4v) is 5.17. The van der Waals surface area contributed by atoms with Crippen molar-refractivity contribution >= 4 is 16.0 Å². The molecule has 0 amide bonds. The number of ether oxygens (including phenoxy) is 3. The zero-order valence-corrected chi connectivity index (χ0v) is 18.0. The molecule has 2 aliphatic rings. The highest BCUT2D eigenvalue weighted by molar-refractivity contribution is 7.89. The quantitative estimate of drug-likeness (QED) is 0.615. The molecule has 4 rings (SSSR count). The Morgan fingerprint density at radius 3 is 2.42 bits per heavy atom. The first kappa shape index (κ1) is 21.4. The number of quaternary nitrogens is 1. The van der Waals surface area contributed by atoms with E-state index in [2.05, 4.69) is 0 Å². The fraction of sp³-hybridized carbons (Fsp3) is 0.381. The van der Waals surface area contributed by atoms with Crippen LogP contribution in [0.3, 0.4) is 0 Å². The molecule has 2 N–H and O–H groups in total. The van der Waals surface area contributed by atoms with Gasteiger partial charge >= 0.3 is 5.97 Å². The van der Waals surface area contributed by atoms with Gasteiger partial charge in [0.2, 0.25) is 16.8 Å². The Morgan fingerprint density at radius 2 is 1.77 bits per heavy atom. The second-order valence-electron chi connectivity index (χ2n) is 7.41. The third-order valence-electron chi connectivity index (χ3n) is 5.45. The van der Waals surface area contributed by atoms with Gasteiger partial charge in [-0.3, -0.25) is 0 Å². The first-order valence-corrected chi connectivity index (χ1v) is 11.5. The Labute approximate surface area is 180 Å². The summed E-state index contributed by atoms with van der Waals surface area (Å²) >= 11 is 0. The average molecular weight is 450 g/mol. The minimum absolute atomic E-state index is 0.141. The van der Waals surface area contributed by atoms with Gasteiger partial charge < -0.3 is 24.2 Å². The summed E-state index contributed by atoms with van der Waals surface area (Å²) in [6.45, 7) is 4.61. The summed E-state index contributed by atoms with van der Waals surface area (Å²) in [5.41, 5.74) is 1.06. The number of carbonyl (C=O) groups excluding carboxylic acids is 1. The number of aromatic hydroxyl groups is 1. The van der Waals surface area contributed by atoms with Crippen LogP contribution in [0.15, 0.2) is 41.3 Å². The summed E-state index contributed by atoms with van der Waals surface area (Å²) in [5, 5.41) is 10.2. The van der Waals surface area contributed by atoms with E-state index >= 15 is 0 Å². The first-order chi connectivity index (χ1) is 14.9. The molecule has 0 atom stereocenters. The topological polar surface area (TPSA) is 107 Å². The van der Waals surface area contributed by atoms with Crippen molar-refractivity contribution in [1.29, 1.82) is 0 Å². The number of hydrogen-bond acceptors (Lipinski definition) is 7.